The summed E-state index contributed by atoms with van der Waals surface area (Å²) in [6.45, 7) is -1.50. The molecular formula is C17H12F4N4O2. The number of rotatable bonds is 5. The first-order valence-electron chi connectivity index (χ1n) is 7.55. The van der Waals surface area contributed by atoms with Crippen LogP contribution in [0.4, 0.5) is 17.6 Å². The number of aromatic amines is 1. The maximum Gasteiger partial charge on any atom is 0.422 e. The second-order valence-corrected chi connectivity index (χ2v) is 5.46. The molecule has 0 saturated heterocycles. The van der Waals surface area contributed by atoms with E-state index < -0.39 is 24.5 Å². The highest BCUT2D eigenvalue weighted by molar-refractivity contribution is 5.90. The van der Waals surface area contributed by atoms with Gasteiger partial charge in [-0.3, -0.25) is 9.89 Å². The molecule has 0 saturated carbocycles. The monoisotopic (exact) mass is 380 g/mol. The Labute approximate surface area is 150 Å². The van der Waals surface area contributed by atoms with Crippen LogP contribution in [0.3, 0.4) is 0 Å². The van der Waals surface area contributed by atoms with Crippen molar-refractivity contribution in [1.82, 2.24) is 15.2 Å². The van der Waals surface area contributed by atoms with Gasteiger partial charge in [0.05, 0.1) is 0 Å². The molecular weight excluding hydrogens is 368 g/mol. The molecule has 0 atom stereocenters. The standard InChI is InChI=1S/C17H12F4N4O2/c18-9-5-6-11(15-23-16(14(22)26)25-24-15)12(7-9)10-3-1-2-4-13(10)27-8-17(19,20)21/h1-7H,8H2,(H2,22,26)(H,23,24,25). The molecule has 0 aliphatic heterocycles. The molecule has 140 valence electrons. The molecule has 1 aromatic heterocycles. The first-order valence-corrected chi connectivity index (χ1v) is 7.55. The second kappa shape index (κ2) is 7.06. The lowest BCUT2D eigenvalue weighted by molar-refractivity contribution is -0.153. The van der Waals surface area contributed by atoms with Crippen LogP contribution in [0.5, 0.6) is 5.75 Å². The van der Waals surface area contributed by atoms with Gasteiger partial charge in [-0.2, -0.15) is 18.3 Å². The van der Waals surface area contributed by atoms with Crippen molar-refractivity contribution in [2.75, 3.05) is 6.61 Å². The molecule has 1 amide bonds. The molecule has 0 aliphatic rings. The molecule has 0 radical (unpaired) electrons. The Bertz CT molecular complexity index is 985. The number of benzene rings is 2. The third-order valence-electron chi connectivity index (χ3n) is 3.51. The highest BCUT2D eigenvalue weighted by Crippen LogP contribution is 2.37. The van der Waals surface area contributed by atoms with Crippen molar-refractivity contribution in [3.63, 3.8) is 0 Å². The van der Waals surface area contributed by atoms with Gasteiger partial charge in [0.2, 0.25) is 5.82 Å². The molecule has 10 heteroatoms. The average molecular weight is 380 g/mol. The van der Waals surface area contributed by atoms with Crippen LogP contribution >= 0.6 is 0 Å². The molecule has 3 rings (SSSR count). The molecule has 0 bridgehead atoms. The summed E-state index contributed by atoms with van der Waals surface area (Å²) in [5.74, 6) is -1.73. The maximum atomic E-state index is 13.8. The normalized spacial score (nSPS) is 11.4. The van der Waals surface area contributed by atoms with Gasteiger partial charge in [0, 0.05) is 11.1 Å². The summed E-state index contributed by atoms with van der Waals surface area (Å²) in [4.78, 5) is 15.1. The maximum absolute atomic E-state index is 13.8. The van der Waals surface area contributed by atoms with Crippen LogP contribution in [0.1, 0.15) is 10.6 Å². The molecule has 3 N–H and O–H groups in total. The number of para-hydroxylation sites is 1. The SMILES string of the molecule is NC(=O)c1nc(-c2ccc(F)cc2-c2ccccc2OCC(F)(F)F)n[nH]1. The average Bonchev–Trinajstić information content (AvgIpc) is 3.10. The molecule has 0 unspecified atom stereocenters. The fraction of sp³-hybridized carbons (Fsp3) is 0.118. The van der Waals surface area contributed by atoms with Gasteiger partial charge in [0.1, 0.15) is 11.6 Å². The van der Waals surface area contributed by atoms with Gasteiger partial charge in [-0.25, -0.2) is 9.37 Å². The van der Waals surface area contributed by atoms with Crippen molar-refractivity contribution >= 4 is 5.91 Å². The van der Waals surface area contributed by atoms with Gasteiger partial charge in [0.25, 0.3) is 5.91 Å². The van der Waals surface area contributed by atoms with E-state index in [1.165, 1.54) is 24.3 Å². The molecule has 1 heterocycles. The Hall–Kier alpha value is -3.43. The fourth-order valence-electron chi connectivity index (χ4n) is 2.40. The summed E-state index contributed by atoms with van der Waals surface area (Å²) in [6.07, 6.45) is -4.53. The molecule has 0 fully saturated rings. The summed E-state index contributed by atoms with van der Waals surface area (Å²) in [7, 11) is 0. The van der Waals surface area contributed by atoms with Crippen LogP contribution in [-0.2, 0) is 0 Å². The van der Waals surface area contributed by atoms with Crippen molar-refractivity contribution in [3.05, 3.63) is 54.1 Å². The van der Waals surface area contributed by atoms with Gasteiger partial charge in [-0.15, -0.1) is 0 Å². The Morgan fingerprint density at radius 2 is 1.85 bits per heavy atom. The van der Waals surface area contributed by atoms with E-state index in [4.69, 9.17) is 10.5 Å². The number of primary amides is 1. The van der Waals surface area contributed by atoms with E-state index >= 15 is 0 Å². The molecule has 0 spiro atoms. The van der Waals surface area contributed by atoms with Gasteiger partial charge >= 0.3 is 6.18 Å². The van der Waals surface area contributed by atoms with Gasteiger partial charge in [-0.05, 0) is 29.8 Å². The highest BCUT2D eigenvalue weighted by Gasteiger charge is 2.29. The van der Waals surface area contributed by atoms with E-state index in [0.29, 0.717) is 0 Å². The van der Waals surface area contributed by atoms with Crippen LogP contribution in [0.25, 0.3) is 22.5 Å². The van der Waals surface area contributed by atoms with E-state index in [-0.39, 0.29) is 34.1 Å². The topological polar surface area (TPSA) is 93.9 Å². The summed E-state index contributed by atoms with van der Waals surface area (Å²) in [5.41, 5.74) is 5.81. The van der Waals surface area contributed by atoms with E-state index in [1.54, 1.807) is 6.07 Å². The number of halogens is 4. The van der Waals surface area contributed by atoms with Crippen molar-refractivity contribution < 1.29 is 27.1 Å². The minimum atomic E-state index is -4.53. The number of nitrogens with two attached hydrogens (primary N) is 1. The second-order valence-electron chi connectivity index (χ2n) is 5.46. The minimum Gasteiger partial charge on any atom is -0.483 e. The first-order chi connectivity index (χ1) is 12.7. The van der Waals surface area contributed by atoms with E-state index in [2.05, 4.69) is 15.2 Å². The molecule has 0 aliphatic carbocycles. The minimum absolute atomic E-state index is 0.0319. The van der Waals surface area contributed by atoms with Crippen molar-refractivity contribution in [3.8, 4) is 28.3 Å². The first kappa shape index (κ1) is 18.4. The predicted octanol–water partition coefficient (Wildman–Crippen LogP) is 3.32. The highest BCUT2D eigenvalue weighted by atomic mass is 19.4. The number of carbonyl (C=O) groups excluding carboxylic acids is 1. The largest absolute Gasteiger partial charge is 0.483 e. The van der Waals surface area contributed by atoms with Crippen molar-refractivity contribution in [1.29, 1.82) is 0 Å². The molecule has 6 nitrogen and oxygen atoms in total. The van der Waals surface area contributed by atoms with Gasteiger partial charge in [0.15, 0.2) is 12.4 Å². The number of carbonyl (C=O) groups is 1. The number of amides is 1. The smallest absolute Gasteiger partial charge is 0.422 e. The molecule has 27 heavy (non-hydrogen) atoms. The van der Waals surface area contributed by atoms with Gasteiger partial charge < -0.3 is 10.5 Å². The van der Waals surface area contributed by atoms with Gasteiger partial charge in [-0.1, -0.05) is 18.2 Å². The number of nitrogens with one attached hydrogen (secondary N) is 1. The quantitative estimate of drug-likeness (QED) is 0.664. The third-order valence-corrected chi connectivity index (χ3v) is 3.51. The van der Waals surface area contributed by atoms with Crippen LogP contribution in [0.15, 0.2) is 42.5 Å². The number of alkyl halides is 3. The van der Waals surface area contributed by atoms with Crippen LogP contribution in [0, 0.1) is 5.82 Å². The summed E-state index contributed by atoms with van der Waals surface area (Å²) >= 11 is 0. The summed E-state index contributed by atoms with van der Waals surface area (Å²) < 4.78 is 56.2. The fourth-order valence-corrected chi connectivity index (χ4v) is 2.40. The molecule has 2 aromatic carbocycles. The zero-order valence-electron chi connectivity index (χ0n) is 13.5. The van der Waals surface area contributed by atoms with E-state index in [9.17, 15) is 22.4 Å². The van der Waals surface area contributed by atoms with Crippen LogP contribution < -0.4 is 10.5 Å². The van der Waals surface area contributed by atoms with Crippen LogP contribution in [-0.4, -0.2) is 33.9 Å². The van der Waals surface area contributed by atoms with E-state index in [1.807, 2.05) is 0 Å². The number of hydrogen-bond acceptors (Lipinski definition) is 4. The summed E-state index contributed by atoms with van der Waals surface area (Å²) in [6, 6.07) is 9.47. The number of aromatic nitrogens is 3. The van der Waals surface area contributed by atoms with Crippen LogP contribution in [0.2, 0.25) is 0 Å². The zero-order chi connectivity index (χ0) is 19.6. The van der Waals surface area contributed by atoms with E-state index in [0.717, 1.165) is 12.1 Å². The number of nitrogens with zero attached hydrogens (tertiary/aromatic N) is 2. The lowest BCUT2D eigenvalue weighted by Crippen LogP contribution is -2.19. The number of H-pyrrole nitrogens is 1. The Kier molecular flexibility index (Phi) is 4.80. The Balaban J connectivity index is 2.09. The number of ether oxygens (including phenoxy) is 1. The molecule has 3 aromatic rings. The summed E-state index contributed by atoms with van der Waals surface area (Å²) in [5, 5.41) is 6.21. The number of hydrogen-bond donors (Lipinski definition) is 2. The predicted molar refractivity (Wildman–Crippen MR) is 87.3 cm³/mol. The Morgan fingerprint density at radius 3 is 2.52 bits per heavy atom. The lowest BCUT2D eigenvalue weighted by Gasteiger charge is -2.15. The lowest BCUT2D eigenvalue weighted by atomic mass is 9.98. The van der Waals surface area contributed by atoms with Crippen molar-refractivity contribution in [2.24, 2.45) is 5.73 Å². The Morgan fingerprint density at radius 1 is 1.11 bits per heavy atom. The van der Waals surface area contributed by atoms with Crippen molar-refractivity contribution in [2.45, 2.75) is 6.18 Å². The third kappa shape index (κ3) is 4.22. The zero-order valence-corrected chi connectivity index (χ0v) is 13.5.